The van der Waals surface area contributed by atoms with Crippen molar-refractivity contribution in [2.45, 2.75) is 60.0 Å². The van der Waals surface area contributed by atoms with Crippen molar-refractivity contribution in [3.8, 4) is 0 Å². The van der Waals surface area contributed by atoms with Crippen molar-refractivity contribution in [3.63, 3.8) is 0 Å². The van der Waals surface area contributed by atoms with Crippen LogP contribution in [0.25, 0.3) is 0 Å². The lowest BCUT2D eigenvalue weighted by atomic mass is 10.0. The molecule has 0 aromatic carbocycles. The van der Waals surface area contributed by atoms with Crippen molar-refractivity contribution < 1.29 is 19.0 Å². The molecule has 0 spiro atoms. The van der Waals surface area contributed by atoms with Crippen LogP contribution in [-0.4, -0.2) is 64.9 Å². The second-order valence-corrected chi connectivity index (χ2v) is 10.8. The highest BCUT2D eigenvalue weighted by Gasteiger charge is 2.45. The number of hydrogen-bond donors (Lipinski definition) is 4. The third-order valence-corrected chi connectivity index (χ3v) is 9.22. The van der Waals surface area contributed by atoms with Gasteiger partial charge < -0.3 is 21.7 Å². The predicted octanol–water partition coefficient (Wildman–Crippen LogP) is 0.955. The SMILES string of the molecule is CC[C@H]1S[C@@H](n2ccc(N)nc2=O)[C@@H](F)[C@@H]1C.Nc1ccn([C@@H]2S[C@H](CO)[C@@H](O)[C@@H]2F)c(=O)n1. The number of nitrogen functional groups attached to an aromatic ring is 2. The van der Waals surface area contributed by atoms with Crippen LogP contribution in [0.2, 0.25) is 0 Å². The Morgan fingerprint density at radius 3 is 1.82 bits per heavy atom. The first kappa shape index (κ1) is 26.4. The van der Waals surface area contributed by atoms with E-state index in [1.54, 1.807) is 0 Å². The zero-order valence-corrected chi connectivity index (χ0v) is 20.2. The summed E-state index contributed by atoms with van der Waals surface area (Å²) in [4.78, 5) is 30.3. The number of halogens is 2. The van der Waals surface area contributed by atoms with E-state index in [4.69, 9.17) is 16.6 Å². The van der Waals surface area contributed by atoms with Gasteiger partial charge in [-0.15, -0.1) is 23.5 Å². The summed E-state index contributed by atoms with van der Waals surface area (Å²) in [5.41, 5.74) is 9.60. The van der Waals surface area contributed by atoms with Crippen LogP contribution in [0.5, 0.6) is 0 Å². The number of anilines is 2. The molecule has 2 aromatic rings. The summed E-state index contributed by atoms with van der Waals surface area (Å²) in [7, 11) is 0. The van der Waals surface area contributed by atoms with E-state index in [1.165, 1.54) is 40.9 Å². The minimum atomic E-state index is -1.62. The van der Waals surface area contributed by atoms with Gasteiger partial charge in [-0.3, -0.25) is 9.13 Å². The lowest BCUT2D eigenvalue weighted by molar-refractivity contribution is 0.0631. The van der Waals surface area contributed by atoms with Gasteiger partial charge in [0.1, 0.15) is 34.7 Å². The summed E-state index contributed by atoms with van der Waals surface area (Å²) in [5.74, 6) is 0.188. The van der Waals surface area contributed by atoms with Crippen LogP contribution in [0, 0.1) is 5.92 Å². The fourth-order valence-corrected chi connectivity index (χ4v) is 6.84. The average molecular weight is 519 g/mol. The van der Waals surface area contributed by atoms with Crippen molar-refractivity contribution >= 4 is 35.2 Å². The molecule has 2 aliphatic rings. The van der Waals surface area contributed by atoms with Crippen LogP contribution < -0.4 is 22.8 Å². The monoisotopic (exact) mass is 518 g/mol. The number of aliphatic hydroxyl groups excluding tert-OH is 2. The maximum atomic E-state index is 14.1. The topological polar surface area (TPSA) is 162 Å². The number of aromatic nitrogens is 4. The molecule has 10 nitrogen and oxygen atoms in total. The number of aliphatic hydroxyl groups is 2. The molecule has 0 saturated carbocycles. The molecule has 34 heavy (non-hydrogen) atoms. The molecular formula is C20H28F2N6O4S2. The Hall–Kier alpha value is -2.16. The van der Waals surface area contributed by atoms with Gasteiger partial charge in [0, 0.05) is 23.6 Å². The van der Waals surface area contributed by atoms with Crippen LogP contribution in [0.3, 0.4) is 0 Å². The van der Waals surface area contributed by atoms with Gasteiger partial charge in [-0.05, 0) is 18.6 Å². The molecule has 4 heterocycles. The van der Waals surface area contributed by atoms with Crippen LogP contribution >= 0.6 is 23.5 Å². The van der Waals surface area contributed by atoms with Gasteiger partial charge in [0.25, 0.3) is 0 Å². The lowest BCUT2D eigenvalue weighted by Gasteiger charge is -2.15. The third-order valence-electron chi connectivity index (χ3n) is 5.80. The Kier molecular flexibility index (Phi) is 8.60. The Labute approximate surface area is 202 Å². The van der Waals surface area contributed by atoms with Gasteiger partial charge in [0.05, 0.1) is 11.9 Å². The predicted molar refractivity (Wildman–Crippen MR) is 129 cm³/mol. The molecule has 14 heteroatoms. The Morgan fingerprint density at radius 2 is 1.44 bits per heavy atom. The van der Waals surface area contributed by atoms with E-state index in [0.717, 1.165) is 22.7 Å². The lowest BCUT2D eigenvalue weighted by Crippen LogP contribution is -2.33. The van der Waals surface area contributed by atoms with Crippen LogP contribution in [-0.2, 0) is 0 Å². The van der Waals surface area contributed by atoms with E-state index >= 15 is 0 Å². The standard InChI is InChI=1S/C11H16FN3OS.C9H12FN3O3S/c1-3-7-6(2)9(12)10(17-7)15-5-4-8(13)14-11(15)16;10-6-7(15)4(3-14)17-8(6)13-2-1-5(11)12-9(13)16/h4-7,9-10H,3H2,1-2H3,(H2,13,14,16);1-2,4,6-8,14-15H,3H2,(H2,11,12,16)/t6-,7-,9+,10-;4-,6+,7-,8-/m11/s1. The van der Waals surface area contributed by atoms with E-state index in [0.29, 0.717) is 0 Å². The van der Waals surface area contributed by atoms with E-state index in [9.17, 15) is 23.5 Å². The Balaban J connectivity index is 0.000000191. The average Bonchev–Trinajstić information content (AvgIpc) is 3.24. The fraction of sp³-hybridized carbons (Fsp3) is 0.600. The molecule has 0 aliphatic carbocycles. The van der Waals surface area contributed by atoms with Gasteiger partial charge in [-0.25, -0.2) is 18.4 Å². The summed E-state index contributed by atoms with van der Waals surface area (Å²) >= 11 is 2.51. The maximum absolute atomic E-state index is 14.1. The molecule has 0 radical (unpaired) electrons. The summed E-state index contributed by atoms with van der Waals surface area (Å²) in [6, 6.07) is 2.91. The quantitative estimate of drug-likeness (QED) is 0.458. The summed E-state index contributed by atoms with van der Waals surface area (Å²) < 4.78 is 30.3. The van der Waals surface area contributed by atoms with Crippen molar-refractivity contribution in [2.24, 2.45) is 5.92 Å². The highest BCUT2D eigenvalue weighted by Crippen LogP contribution is 2.47. The molecule has 2 aromatic heterocycles. The molecule has 4 rings (SSSR count). The first-order valence-corrected chi connectivity index (χ1v) is 12.5. The Bertz CT molecular complexity index is 1020. The first-order chi connectivity index (χ1) is 16.1. The second kappa shape index (κ2) is 11.1. The molecule has 8 atom stereocenters. The molecular weight excluding hydrogens is 490 g/mol. The molecule has 0 unspecified atom stereocenters. The van der Waals surface area contributed by atoms with Gasteiger partial charge in [0.15, 0.2) is 6.17 Å². The van der Waals surface area contributed by atoms with E-state index < -0.39 is 45.8 Å². The number of rotatable bonds is 4. The second-order valence-electron chi connectivity index (χ2n) is 8.04. The zero-order valence-electron chi connectivity index (χ0n) is 18.6. The van der Waals surface area contributed by atoms with Gasteiger partial charge in [-0.2, -0.15) is 9.97 Å². The van der Waals surface area contributed by atoms with E-state index in [1.807, 2.05) is 13.8 Å². The molecule has 0 bridgehead atoms. The summed E-state index contributed by atoms with van der Waals surface area (Å²) in [5, 5.41) is 16.7. The van der Waals surface area contributed by atoms with Crippen molar-refractivity contribution in [3.05, 3.63) is 45.5 Å². The van der Waals surface area contributed by atoms with E-state index in [-0.39, 0.29) is 29.4 Å². The molecule has 2 aliphatic heterocycles. The van der Waals surface area contributed by atoms with Crippen LogP contribution in [0.15, 0.2) is 34.1 Å². The molecule has 0 amide bonds. The third kappa shape index (κ3) is 5.39. The number of thioether (sulfide) groups is 2. The van der Waals surface area contributed by atoms with E-state index in [2.05, 4.69) is 9.97 Å². The smallest absolute Gasteiger partial charge is 0.350 e. The Morgan fingerprint density at radius 1 is 0.971 bits per heavy atom. The number of hydrogen-bond acceptors (Lipinski definition) is 10. The molecule has 188 valence electrons. The minimum absolute atomic E-state index is 0.0422. The molecule has 2 fully saturated rings. The zero-order chi connectivity index (χ0) is 25.2. The molecule has 6 N–H and O–H groups in total. The van der Waals surface area contributed by atoms with Crippen LogP contribution in [0.4, 0.5) is 20.4 Å². The minimum Gasteiger partial charge on any atom is -0.395 e. The summed E-state index contributed by atoms with van der Waals surface area (Å²) in [6.07, 6.45) is -0.172. The van der Waals surface area contributed by atoms with Crippen molar-refractivity contribution in [1.29, 1.82) is 0 Å². The van der Waals surface area contributed by atoms with Crippen LogP contribution in [0.1, 0.15) is 31.0 Å². The first-order valence-electron chi connectivity index (χ1n) is 10.7. The summed E-state index contributed by atoms with van der Waals surface area (Å²) in [6.45, 7) is 3.58. The fourth-order valence-electron chi connectivity index (χ4n) is 3.85. The maximum Gasteiger partial charge on any atom is 0.350 e. The van der Waals surface area contributed by atoms with Crippen molar-refractivity contribution in [2.75, 3.05) is 18.1 Å². The highest BCUT2D eigenvalue weighted by molar-refractivity contribution is 8.00. The highest BCUT2D eigenvalue weighted by atomic mass is 32.2. The van der Waals surface area contributed by atoms with Gasteiger partial charge in [-0.1, -0.05) is 13.8 Å². The van der Waals surface area contributed by atoms with Gasteiger partial charge >= 0.3 is 11.4 Å². The van der Waals surface area contributed by atoms with Crippen molar-refractivity contribution in [1.82, 2.24) is 19.1 Å². The van der Waals surface area contributed by atoms with Gasteiger partial charge in [0.2, 0.25) is 0 Å². The molecule has 2 saturated heterocycles. The number of alkyl halides is 2. The number of nitrogens with zero attached hydrogens (tertiary/aromatic N) is 4. The normalized spacial score (nSPS) is 32.9. The largest absolute Gasteiger partial charge is 0.395 e. The number of nitrogens with two attached hydrogens (primary N) is 2.